The van der Waals surface area contributed by atoms with Crippen molar-refractivity contribution in [1.29, 1.82) is 0 Å². The largest absolute Gasteiger partial charge is 0.489 e. The predicted octanol–water partition coefficient (Wildman–Crippen LogP) is 5.07. The van der Waals surface area contributed by atoms with Gasteiger partial charge in [-0.1, -0.05) is 6.07 Å². The van der Waals surface area contributed by atoms with Gasteiger partial charge in [0.2, 0.25) is 0 Å². The van der Waals surface area contributed by atoms with Crippen LogP contribution in [-0.2, 0) is 17.4 Å². The van der Waals surface area contributed by atoms with Crippen molar-refractivity contribution in [2.75, 3.05) is 0 Å². The number of carboxylic acid groups (broad SMARTS) is 1. The first-order valence-electron chi connectivity index (χ1n) is 11.8. The van der Waals surface area contributed by atoms with Crippen molar-refractivity contribution in [3.8, 4) is 28.4 Å². The zero-order valence-electron chi connectivity index (χ0n) is 21.0. The second kappa shape index (κ2) is 9.43. The topological polar surface area (TPSA) is 98.0 Å². The summed E-state index contributed by atoms with van der Waals surface area (Å²) in [5.41, 5.74) is 1.54. The normalized spacial score (nSPS) is 17.4. The van der Waals surface area contributed by atoms with Crippen LogP contribution in [0.3, 0.4) is 0 Å². The average Bonchev–Trinajstić information content (AvgIpc) is 2.74. The Morgan fingerprint density at radius 1 is 1.06 bits per heavy atom. The van der Waals surface area contributed by atoms with Crippen LogP contribution in [0.25, 0.3) is 11.1 Å². The standard InChI is InChI=1S/C28H30FNO6/c1-15-8-19(29)9-16(2)26(15)36-23-7-6-18(28(3,4)34)12-21(23)22-14-30(5)25(31)13-24(22)35-20-10-17(11-20)27(32)33/h6-9,12-14,17,20,34H,10-11H2,1-5H3,(H,32,33). The summed E-state index contributed by atoms with van der Waals surface area (Å²) in [4.78, 5) is 23.7. The molecule has 1 aliphatic carbocycles. The molecule has 3 aromatic rings. The van der Waals surface area contributed by atoms with E-state index in [2.05, 4.69) is 0 Å². The smallest absolute Gasteiger partial charge is 0.306 e. The molecule has 0 saturated heterocycles. The summed E-state index contributed by atoms with van der Waals surface area (Å²) in [6.07, 6.45) is 2.00. The summed E-state index contributed by atoms with van der Waals surface area (Å²) >= 11 is 0. The van der Waals surface area contributed by atoms with E-state index in [-0.39, 0.29) is 17.5 Å². The molecule has 4 rings (SSSR count). The SMILES string of the molecule is Cc1cc(F)cc(C)c1Oc1ccc(C(C)(C)O)cc1-c1cn(C)c(=O)cc1OC1CC(C(=O)O)C1. The fraction of sp³-hybridized carbons (Fsp3) is 0.357. The van der Waals surface area contributed by atoms with Crippen LogP contribution in [0.15, 0.2) is 47.4 Å². The maximum absolute atomic E-state index is 13.9. The van der Waals surface area contributed by atoms with E-state index in [1.807, 2.05) is 0 Å². The Balaban J connectivity index is 1.84. The molecule has 2 N–H and O–H groups in total. The monoisotopic (exact) mass is 495 g/mol. The number of hydrogen-bond acceptors (Lipinski definition) is 5. The highest BCUT2D eigenvalue weighted by molar-refractivity contribution is 5.77. The molecule has 2 aromatic carbocycles. The third-order valence-corrected chi connectivity index (χ3v) is 6.54. The van der Waals surface area contributed by atoms with E-state index in [0.29, 0.717) is 57.9 Å². The molecule has 0 bridgehead atoms. The van der Waals surface area contributed by atoms with Crippen LogP contribution >= 0.6 is 0 Å². The third-order valence-electron chi connectivity index (χ3n) is 6.54. The molecule has 8 heteroatoms. The Bertz CT molecular complexity index is 1360. The van der Waals surface area contributed by atoms with Crippen molar-refractivity contribution in [2.24, 2.45) is 13.0 Å². The average molecular weight is 496 g/mol. The molecule has 0 amide bonds. The number of pyridine rings is 1. The molecule has 1 aliphatic rings. The lowest BCUT2D eigenvalue weighted by atomic mass is 9.82. The molecule has 7 nitrogen and oxygen atoms in total. The number of carboxylic acids is 1. The van der Waals surface area contributed by atoms with E-state index in [9.17, 15) is 24.2 Å². The van der Waals surface area contributed by atoms with E-state index in [1.54, 1.807) is 59.1 Å². The van der Waals surface area contributed by atoms with Crippen LogP contribution in [0.2, 0.25) is 0 Å². The number of benzene rings is 2. The summed E-state index contributed by atoms with van der Waals surface area (Å²) in [5, 5.41) is 19.9. The van der Waals surface area contributed by atoms with Crippen molar-refractivity contribution >= 4 is 5.97 Å². The second-order valence-electron chi connectivity index (χ2n) is 9.99. The maximum atomic E-state index is 13.9. The Morgan fingerprint density at radius 2 is 1.69 bits per heavy atom. The Kier molecular flexibility index (Phi) is 6.66. The quantitative estimate of drug-likeness (QED) is 0.475. The van der Waals surface area contributed by atoms with Crippen LogP contribution in [0.5, 0.6) is 17.2 Å². The van der Waals surface area contributed by atoms with Gasteiger partial charge in [-0.15, -0.1) is 0 Å². The number of aromatic nitrogens is 1. The minimum Gasteiger partial charge on any atom is -0.489 e. The third kappa shape index (κ3) is 5.14. The van der Waals surface area contributed by atoms with E-state index < -0.39 is 17.5 Å². The highest BCUT2D eigenvalue weighted by atomic mass is 19.1. The van der Waals surface area contributed by atoms with E-state index in [4.69, 9.17) is 9.47 Å². The number of aryl methyl sites for hydroxylation is 3. The van der Waals surface area contributed by atoms with Crippen LogP contribution in [0.4, 0.5) is 4.39 Å². The fourth-order valence-electron chi connectivity index (χ4n) is 4.33. The van der Waals surface area contributed by atoms with Gasteiger partial charge < -0.3 is 24.3 Å². The van der Waals surface area contributed by atoms with Gasteiger partial charge in [-0.25, -0.2) is 4.39 Å². The van der Waals surface area contributed by atoms with Gasteiger partial charge in [-0.2, -0.15) is 0 Å². The molecule has 0 radical (unpaired) electrons. The Labute approximate surface area is 208 Å². The van der Waals surface area contributed by atoms with Gasteiger partial charge in [-0.3, -0.25) is 9.59 Å². The van der Waals surface area contributed by atoms with Gasteiger partial charge >= 0.3 is 5.97 Å². The lowest BCUT2D eigenvalue weighted by molar-refractivity contribution is -0.147. The number of aliphatic hydroxyl groups is 1. The summed E-state index contributed by atoms with van der Waals surface area (Å²) in [6, 6.07) is 9.41. The Hall–Kier alpha value is -3.65. The Morgan fingerprint density at radius 3 is 2.28 bits per heavy atom. The molecule has 0 aliphatic heterocycles. The molecule has 1 heterocycles. The van der Waals surface area contributed by atoms with Gasteiger partial charge in [0.15, 0.2) is 0 Å². The minimum absolute atomic E-state index is 0.283. The second-order valence-corrected chi connectivity index (χ2v) is 9.99. The first-order chi connectivity index (χ1) is 16.8. The van der Waals surface area contributed by atoms with Gasteiger partial charge in [-0.05, 0) is 81.5 Å². The van der Waals surface area contributed by atoms with Crippen molar-refractivity contribution in [3.63, 3.8) is 0 Å². The highest BCUT2D eigenvalue weighted by Crippen LogP contribution is 2.43. The van der Waals surface area contributed by atoms with Gasteiger partial charge in [0.1, 0.15) is 29.2 Å². The molecule has 0 atom stereocenters. The molecule has 36 heavy (non-hydrogen) atoms. The lowest BCUT2D eigenvalue weighted by Crippen LogP contribution is -2.38. The number of ether oxygens (including phenoxy) is 2. The van der Waals surface area contributed by atoms with Gasteiger partial charge in [0.05, 0.1) is 11.5 Å². The molecular weight excluding hydrogens is 465 g/mol. The first-order valence-corrected chi connectivity index (χ1v) is 11.8. The number of nitrogens with zero attached hydrogens (tertiary/aromatic N) is 1. The predicted molar refractivity (Wildman–Crippen MR) is 133 cm³/mol. The zero-order chi connectivity index (χ0) is 26.4. The van der Waals surface area contributed by atoms with Crippen LogP contribution in [0, 0.1) is 25.6 Å². The highest BCUT2D eigenvalue weighted by Gasteiger charge is 2.36. The van der Waals surface area contributed by atoms with Crippen LogP contribution in [0.1, 0.15) is 43.4 Å². The van der Waals surface area contributed by atoms with Crippen LogP contribution in [-0.4, -0.2) is 26.9 Å². The van der Waals surface area contributed by atoms with E-state index >= 15 is 0 Å². The molecule has 190 valence electrons. The minimum atomic E-state index is -1.15. The maximum Gasteiger partial charge on any atom is 0.306 e. The lowest BCUT2D eigenvalue weighted by Gasteiger charge is -2.33. The van der Waals surface area contributed by atoms with E-state index in [1.165, 1.54) is 22.8 Å². The van der Waals surface area contributed by atoms with Gasteiger partial charge in [0.25, 0.3) is 5.56 Å². The number of rotatable bonds is 7. The summed E-state index contributed by atoms with van der Waals surface area (Å²) in [7, 11) is 1.62. The molecule has 1 saturated carbocycles. The summed E-state index contributed by atoms with van der Waals surface area (Å²) in [6.45, 7) is 6.85. The number of halogens is 1. The molecule has 0 unspecified atom stereocenters. The van der Waals surface area contributed by atoms with Crippen molar-refractivity contribution in [3.05, 3.63) is 75.5 Å². The first kappa shape index (κ1) is 25.4. The van der Waals surface area contributed by atoms with Crippen LogP contribution < -0.4 is 15.0 Å². The molecular formula is C28H30FNO6. The summed E-state index contributed by atoms with van der Waals surface area (Å²) < 4.78 is 27.7. The fourth-order valence-corrected chi connectivity index (χ4v) is 4.33. The number of aliphatic carboxylic acids is 1. The zero-order valence-corrected chi connectivity index (χ0v) is 21.0. The molecule has 1 fully saturated rings. The molecule has 0 spiro atoms. The molecule has 1 aromatic heterocycles. The van der Waals surface area contributed by atoms with Crippen molar-refractivity contribution < 1.29 is 28.9 Å². The summed E-state index contributed by atoms with van der Waals surface area (Å²) in [5.74, 6) is -0.448. The number of hydrogen-bond donors (Lipinski definition) is 2. The van der Waals surface area contributed by atoms with Gasteiger partial charge in [0, 0.05) is 30.4 Å². The number of carbonyl (C=O) groups is 1. The van der Waals surface area contributed by atoms with E-state index in [0.717, 1.165) is 0 Å². The van der Waals surface area contributed by atoms with Crippen molar-refractivity contribution in [2.45, 2.75) is 52.2 Å². The van der Waals surface area contributed by atoms with Crippen molar-refractivity contribution in [1.82, 2.24) is 4.57 Å².